The Bertz CT molecular complexity index is 1010. The highest BCUT2D eigenvalue weighted by Gasteiger charge is 2.29. The summed E-state index contributed by atoms with van der Waals surface area (Å²) in [5.41, 5.74) is 2.02. The van der Waals surface area contributed by atoms with Crippen molar-refractivity contribution in [2.45, 2.75) is 12.6 Å². The number of rotatable bonds is 5. The summed E-state index contributed by atoms with van der Waals surface area (Å²) in [6.45, 7) is 0.527. The molecular formula is C21H18ClN3O4. The van der Waals surface area contributed by atoms with Crippen LogP contribution < -0.4 is 15.4 Å². The Hall–Kier alpha value is -3.50. The fourth-order valence-electron chi connectivity index (χ4n) is 2.94. The molecule has 8 heteroatoms. The molecular weight excluding hydrogens is 394 g/mol. The van der Waals surface area contributed by atoms with Gasteiger partial charge in [-0.15, -0.1) is 0 Å². The van der Waals surface area contributed by atoms with Gasteiger partial charge in [-0.25, -0.2) is 4.79 Å². The first-order valence-corrected chi connectivity index (χ1v) is 9.12. The number of carbonyl (C=O) groups is 3. The third kappa shape index (κ3) is 4.86. The van der Waals surface area contributed by atoms with Crippen LogP contribution in [0.25, 0.3) is 0 Å². The van der Waals surface area contributed by atoms with Gasteiger partial charge in [-0.05, 0) is 29.8 Å². The predicted octanol–water partition coefficient (Wildman–Crippen LogP) is 2.18. The van der Waals surface area contributed by atoms with Gasteiger partial charge in [0.1, 0.15) is 11.8 Å². The van der Waals surface area contributed by atoms with E-state index in [1.807, 2.05) is 11.4 Å². The number of ether oxygens (including phenoxy) is 1. The number of benzene rings is 2. The number of imide groups is 1. The van der Waals surface area contributed by atoms with Crippen LogP contribution in [-0.4, -0.2) is 42.9 Å². The Balaban J connectivity index is 1.80. The molecule has 0 saturated carbocycles. The molecule has 29 heavy (non-hydrogen) atoms. The fourth-order valence-corrected chi connectivity index (χ4v) is 3.13. The zero-order valence-electron chi connectivity index (χ0n) is 15.6. The number of methoxy groups -OCH3 is 1. The van der Waals surface area contributed by atoms with Gasteiger partial charge in [-0.2, -0.15) is 0 Å². The zero-order valence-corrected chi connectivity index (χ0v) is 16.3. The Morgan fingerprint density at radius 1 is 1.34 bits per heavy atom. The van der Waals surface area contributed by atoms with E-state index < -0.39 is 12.1 Å². The molecule has 0 unspecified atom stereocenters. The molecule has 2 aromatic rings. The van der Waals surface area contributed by atoms with Crippen LogP contribution in [0.15, 0.2) is 42.5 Å². The summed E-state index contributed by atoms with van der Waals surface area (Å²) in [4.78, 5) is 36.7. The number of hydrogen-bond acceptors (Lipinski definition) is 4. The lowest BCUT2D eigenvalue weighted by Gasteiger charge is -2.21. The number of fused-ring (bicyclic) bond motifs is 1. The van der Waals surface area contributed by atoms with Gasteiger partial charge >= 0.3 is 6.03 Å². The third-order valence-electron chi connectivity index (χ3n) is 4.35. The van der Waals surface area contributed by atoms with Crippen LogP contribution in [0, 0.1) is 11.8 Å². The number of urea groups is 1. The van der Waals surface area contributed by atoms with Crippen LogP contribution in [-0.2, 0) is 11.3 Å². The van der Waals surface area contributed by atoms with Crippen LogP contribution in [0.2, 0.25) is 5.02 Å². The summed E-state index contributed by atoms with van der Waals surface area (Å²) in [6, 6.07) is 10.9. The molecule has 0 bridgehead atoms. The average Bonchev–Trinajstić information content (AvgIpc) is 3.02. The van der Waals surface area contributed by atoms with Crippen LogP contribution in [0.5, 0.6) is 5.75 Å². The van der Waals surface area contributed by atoms with Gasteiger partial charge < -0.3 is 15.0 Å². The molecule has 0 fully saturated rings. The topological polar surface area (TPSA) is 87.7 Å². The van der Waals surface area contributed by atoms with Crippen molar-refractivity contribution in [1.82, 2.24) is 15.5 Å². The van der Waals surface area contributed by atoms with Crippen LogP contribution in [0.4, 0.5) is 4.79 Å². The first kappa shape index (κ1) is 20.2. The summed E-state index contributed by atoms with van der Waals surface area (Å²) < 4.78 is 5.18. The highest BCUT2D eigenvalue weighted by Crippen LogP contribution is 2.26. The lowest BCUT2D eigenvalue weighted by atomic mass is 10.1. The van der Waals surface area contributed by atoms with Crippen LogP contribution in [0.3, 0.4) is 0 Å². The smallest absolute Gasteiger partial charge is 0.322 e. The summed E-state index contributed by atoms with van der Waals surface area (Å²) in [7, 11) is 1.54. The Morgan fingerprint density at radius 2 is 2.14 bits per heavy atom. The van der Waals surface area contributed by atoms with Crippen molar-refractivity contribution in [2.75, 3.05) is 13.7 Å². The largest absolute Gasteiger partial charge is 0.497 e. The maximum Gasteiger partial charge on any atom is 0.322 e. The number of halogens is 1. The second-order valence-corrected chi connectivity index (χ2v) is 6.65. The highest BCUT2D eigenvalue weighted by atomic mass is 35.5. The molecule has 0 aromatic heterocycles. The molecule has 148 valence electrons. The van der Waals surface area contributed by atoms with E-state index in [0.29, 0.717) is 28.4 Å². The van der Waals surface area contributed by atoms with Gasteiger partial charge in [-0.3, -0.25) is 14.9 Å². The minimum atomic E-state index is -0.716. The van der Waals surface area contributed by atoms with Crippen molar-refractivity contribution in [3.05, 3.63) is 64.2 Å². The molecule has 1 atom stereocenters. The number of nitrogens with one attached hydrogen (secondary N) is 2. The standard InChI is InChI=1S/C21H18ClN3O4/c1-29-17-9-7-15-11-25(20(27)18(15)10-17)12-16(24-21(28)23-13-26)8-6-14-4-2-3-5-19(14)22/h2-5,7,9-10,13,16H,11-12H2,1H3,(H2,23,24,26,28)/t16-/m1/s1. The number of amides is 4. The van der Waals surface area contributed by atoms with Crippen molar-refractivity contribution in [1.29, 1.82) is 0 Å². The van der Waals surface area contributed by atoms with Crippen molar-refractivity contribution >= 4 is 29.9 Å². The van der Waals surface area contributed by atoms with Crippen molar-refractivity contribution in [3.8, 4) is 17.6 Å². The molecule has 4 amide bonds. The molecule has 1 heterocycles. The maximum absolute atomic E-state index is 12.8. The van der Waals surface area contributed by atoms with Crippen molar-refractivity contribution in [3.63, 3.8) is 0 Å². The molecule has 2 N–H and O–H groups in total. The number of hydrogen-bond donors (Lipinski definition) is 2. The lowest BCUT2D eigenvalue weighted by molar-refractivity contribution is -0.108. The quantitative estimate of drug-likeness (QED) is 0.583. The SMILES string of the molecule is COc1ccc2c(c1)C(=O)N(C[C@@H](C#Cc1ccccc1Cl)NC(=O)NC=O)C2. The normalized spacial score (nSPS) is 13.0. The van der Waals surface area contributed by atoms with E-state index in [1.54, 1.807) is 41.3 Å². The van der Waals surface area contributed by atoms with Gasteiger partial charge in [0, 0.05) is 17.7 Å². The summed E-state index contributed by atoms with van der Waals surface area (Å²) in [5, 5.41) is 5.08. The molecule has 1 aliphatic heterocycles. The summed E-state index contributed by atoms with van der Waals surface area (Å²) in [6.07, 6.45) is 0.275. The van der Waals surface area contributed by atoms with E-state index >= 15 is 0 Å². The van der Waals surface area contributed by atoms with E-state index in [4.69, 9.17) is 16.3 Å². The maximum atomic E-state index is 12.8. The molecule has 0 spiro atoms. The molecule has 2 aromatic carbocycles. The number of carbonyl (C=O) groups excluding carboxylic acids is 3. The molecule has 7 nitrogen and oxygen atoms in total. The molecule has 0 radical (unpaired) electrons. The lowest BCUT2D eigenvalue weighted by Crippen LogP contribution is -2.46. The Morgan fingerprint density at radius 3 is 2.86 bits per heavy atom. The second kappa shape index (κ2) is 9.13. The van der Waals surface area contributed by atoms with E-state index in [1.165, 1.54) is 7.11 Å². The van der Waals surface area contributed by atoms with E-state index in [0.717, 1.165) is 5.56 Å². The molecule has 0 aliphatic carbocycles. The highest BCUT2D eigenvalue weighted by molar-refractivity contribution is 6.31. The monoisotopic (exact) mass is 411 g/mol. The first-order valence-electron chi connectivity index (χ1n) is 8.74. The summed E-state index contributed by atoms with van der Waals surface area (Å²) in [5.74, 6) is 6.26. The first-order chi connectivity index (χ1) is 14.0. The van der Waals surface area contributed by atoms with Gasteiger partial charge in [0.05, 0.1) is 18.7 Å². The van der Waals surface area contributed by atoms with Crippen LogP contribution >= 0.6 is 11.6 Å². The Labute approximate surface area is 173 Å². The van der Waals surface area contributed by atoms with Gasteiger partial charge in [0.15, 0.2) is 0 Å². The molecule has 0 saturated heterocycles. The van der Waals surface area contributed by atoms with Gasteiger partial charge in [0.2, 0.25) is 6.41 Å². The third-order valence-corrected chi connectivity index (χ3v) is 4.68. The zero-order chi connectivity index (χ0) is 20.8. The van der Waals surface area contributed by atoms with Crippen molar-refractivity contribution < 1.29 is 19.1 Å². The number of nitrogens with zero attached hydrogens (tertiary/aromatic N) is 1. The van der Waals surface area contributed by atoms with Gasteiger partial charge in [0.25, 0.3) is 5.91 Å². The van der Waals surface area contributed by atoms with Crippen molar-refractivity contribution in [2.24, 2.45) is 0 Å². The average molecular weight is 412 g/mol. The fraction of sp³-hybridized carbons (Fsp3) is 0.190. The predicted molar refractivity (Wildman–Crippen MR) is 108 cm³/mol. The molecule has 3 rings (SSSR count). The van der Waals surface area contributed by atoms with E-state index in [2.05, 4.69) is 17.2 Å². The van der Waals surface area contributed by atoms with Crippen LogP contribution in [0.1, 0.15) is 21.5 Å². The van der Waals surface area contributed by atoms with E-state index in [9.17, 15) is 14.4 Å². The Kier molecular flexibility index (Phi) is 6.37. The van der Waals surface area contributed by atoms with E-state index in [-0.39, 0.29) is 18.9 Å². The molecule has 1 aliphatic rings. The minimum Gasteiger partial charge on any atom is -0.497 e. The minimum absolute atomic E-state index is 0.138. The second-order valence-electron chi connectivity index (χ2n) is 6.25. The summed E-state index contributed by atoms with van der Waals surface area (Å²) >= 11 is 6.12. The van der Waals surface area contributed by atoms with Gasteiger partial charge in [-0.1, -0.05) is 41.6 Å².